The summed E-state index contributed by atoms with van der Waals surface area (Å²) in [5.74, 6) is -0.910. The summed E-state index contributed by atoms with van der Waals surface area (Å²) in [6.07, 6.45) is 1.54. The minimum atomic E-state index is -0.598. The maximum absolute atomic E-state index is 14.2. The molecule has 1 aliphatic heterocycles. The van der Waals surface area contributed by atoms with E-state index >= 15 is 0 Å². The molecule has 0 atom stereocenters. The molecule has 3 aromatic carbocycles. The molecule has 0 radical (unpaired) electrons. The SMILES string of the molecule is CCOc1cc(/C=C2\SC(=O)N(Cc3c(F)cccc3Cl)C2=O)ccc1OCc1c(F)cccc1Cl. The Morgan fingerprint density at radius 3 is 2.22 bits per heavy atom. The maximum Gasteiger partial charge on any atom is 0.293 e. The highest BCUT2D eigenvalue weighted by Gasteiger charge is 2.36. The van der Waals surface area contributed by atoms with Crippen LogP contribution in [0.2, 0.25) is 10.0 Å². The predicted molar refractivity (Wildman–Crippen MR) is 136 cm³/mol. The number of rotatable bonds is 8. The summed E-state index contributed by atoms with van der Waals surface area (Å²) in [6.45, 7) is 1.75. The molecule has 3 aromatic rings. The molecular formula is C26H19Cl2F2NO4S. The summed E-state index contributed by atoms with van der Waals surface area (Å²) in [5.41, 5.74) is 0.858. The zero-order valence-corrected chi connectivity index (χ0v) is 21.2. The number of hydrogen-bond donors (Lipinski definition) is 0. The fourth-order valence-electron chi connectivity index (χ4n) is 3.45. The van der Waals surface area contributed by atoms with Crippen molar-refractivity contribution in [2.75, 3.05) is 6.61 Å². The van der Waals surface area contributed by atoms with E-state index in [1.807, 2.05) is 0 Å². The minimum absolute atomic E-state index is 0.0674. The smallest absolute Gasteiger partial charge is 0.293 e. The normalized spacial score (nSPS) is 14.6. The zero-order valence-electron chi connectivity index (χ0n) is 18.9. The number of ether oxygens (including phenoxy) is 2. The number of hydrogen-bond acceptors (Lipinski definition) is 5. The van der Waals surface area contributed by atoms with Crippen LogP contribution in [0.15, 0.2) is 59.5 Å². The van der Waals surface area contributed by atoms with Gasteiger partial charge in [0.15, 0.2) is 11.5 Å². The van der Waals surface area contributed by atoms with Gasteiger partial charge in [-0.05, 0) is 66.7 Å². The van der Waals surface area contributed by atoms with Crippen molar-refractivity contribution in [3.05, 3.63) is 97.9 Å². The number of imide groups is 1. The molecule has 1 heterocycles. The molecule has 0 aromatic heterocycles. The number of amides is 2. The van der Waals surface area contributed by atoms with Crippen LogP contribution in [-0.2, 0) is 17.9 Å². The lowest BCUT2D eigenvalue weighted by atomic mass is 10.1. The summed E-state index contributed by atoms with van der Waals surface area (Å²) in [5, 5.41) is -0.152. The molecule has 0 N–H and O–H groups in total. The van der Waals surface area contributed by atoms with Crippen molar-refractivity contribution < 1.29 is 27.8 Å². The molecular weight excluding hydrogens is 531 g/mol. The third-order valence-corrected chi connectivity index (χ3v) is 6.87. The van der Waals surface area contributed by atoms with Crippen LogP contribution in [0.3, 0.4) is 0 Å². The molecule has 1 saturated heterocycles. The first-order chi connectivity index (χ1) is 17.3. The van der Waals surface area contributed by atoms with Crippen molar-refractivity contribution >= 4 is 52.2 Å². The molecule has 2 amide bonds. The van der Waals surface area contributed by atoms with E-state index in [1.165, 1.54) is 36.4 Å². The van der Waals surface area contributed by atoms with Gasteiger partial charge in [-0.3, -0.25) is 14.5 Å². The van der Waals surface area contributed by atoms with Gasteiger partial charge in [-0.15, -0.1) is 0 Å². The first-order valence-corrected chi connectivity index (χ1v) is 12.4. The largest absolute Gasteiger partial charge is 0.490 e. The van der Waals surface area contributed by atoms with Crippen LogP contribution in [0, 0.1) is 11.6 Å². The Morgan fingerprint density at radius 1 is 0.917 bits per heavy atom. The van der Waals surface area contributed by atoms with E-state index in [-0.39, 0.29) is 39.2 Å². The van der Waals surface area contributed by atoms with E-state index < -0.39 is 22.8 Å². The molecule has 0 aliphatic carbocycles. The van der Waals surface area contributed by atoms with Gasteiger partial charge in [-0.1, -0.05) is 41.4 Å². The molecule has 4 rings (SSSR count). The lowest BCUT2D eigenvalue weighted by Crippen LogP contribution is -2.28. The molecule has 10 heteroatoms. The molecule has 186 valence electrons. The third kappa shape index (κ3) is 5.67. The number of carbonyl (C=O) groups is 2. The van der Waals surface area contributed by atoms with Crippen molar-refractivity contribution in [2.45, 2.75) is 20.1 Å². The van der Waals surface area contributed by atoms with E-state index in [1.54, 1.807) is 31.2 Å². The van der Waals surface area contributed by atoms with Crippen LogP contribution in [0.1, 0.15) is 23.6 Å². The molecule has 0 unspecified atom stereocenters. The molecule has 0 bridgehead atoms. The van der Waals surface area contributed by atoms with Crippen molar-refractivity contribution in [3.63, 3.8) is 0 Å². The highest BCUT2D eigenvalue weighted by molar-refractivity contribution is 8.18. The molecule has 36 heavy (non-hydrogen) atoms. The highest BCUT2D eigenvalue weighted by atomic mass is 35.5. The zero-order chi connectivity index (χ0) is 25.8. The van der Waals surface area contributed by atoms with E-state index in [0.717, 1.165) is 16.7 Å². The van der Waals surface area contributed by atoms with Gasteiger partial charge in [-0.2, -0.15) is 0 Å². The predicted octanol–water partition coefficient (Wildman–Crippen LogP) is 7.49. The number of carbonyl (C=O) groups excluding carboxylic acids is 2. The van der Waals surface area contributed by atoms with Gasteiger partial charge in [0, 0.05) is 16.1 Å². The average molecular weight is 550 g/mol. The van der Waals surface area contributed by atoms with Gasteiger partial charge in [0.1, 0.15) is 18.2 Å². The van der Waals surface area contributed by atoms with Gasteiger partial charge in [0.05, 0.1) is 23.1 Å². The van der Waals surface area contributed by atoms with Gasteiger partial charge >= 0.3 is 0 Å². The first-order valence-electron chi connectivity index (χ1n) is 10.8. The fourth-order valence-corrected chi connectivity index (χ4v) is 4.73. The third-order valence-electron chi connectivity index (χ3n) is 5.25. The lowest BCUT2D eigenvalue weighted by Gasteiger charge is -2.14. The number of nitrogens with zero attached hydrogens (tertiary/aromatic N) is 1. The second kappa shape index (κ2) is 11.3. The Balaban J connectivity index is 1.54. The minimum Gasteiger partial charge on any atom is -0.490 e. The Kier molecular flexibility index (Phi) is 8.18. The Bertz CT molecular complexity index is 1330. The van der Waals surface area contributed by atoms with Crippen LogP contribution in [-0.4, -0.2) is 22.7 Å². The standard InChI is InChI=1S/C26H19Cl2F2NO4S/c1-2-34-23-11-15(9-10-22(23)35-14-17-19(28)6-4-8-21(17)30)12-24-25(32)31(26(33)36-24)13-16-18(27)5-3-7-20(16)29/h3-12H,2,13-14H2,1H3/b24-12-. The van der Waals surface area contributed by atoms with Crippen LogP contribution in [0.5, 0.6) is 11.5 Å². The average Bonchev–Trinajstić information content (AvgIpc) is 3.09. The van der Waals surface area contributed by atoms with Crippen LogP contribution in [0.25, 0.3) is 6.08 Å². The first kappa shape index (κ1) is 26.0. The number of halogens is 4. The maximum atomic E-state index is 14.2. The van der Waals surface area contributed by atoms with E-state index in [4.69, 9.17) is 32.7 Å². The summed E-state index contributed by atoms with van der Waals surface area (Å²) in [7, 11) is 0. The second-order valence-electron chi connectivity index (χ2n) is 7.60. The van der Waals surface area contributed by atoms with Crippen LogP contribution >= 0.6 is 35.0 Å². The second-order valence-corrected chi connectivity index (χ2v) is 9.40. The highest BCUT2D eigenvalue weighted by Crippen LogP contribution is 2.36. The van der Waals surface area contributed by atoms with Gasteiger partial charge in [0.25, 0.3) is 11.1 Å². The van der Waals surface area contributed by atoms with Crippen LogP contribution < -0.4 is 9.47 Å². The Labute approximate surface area is 220 Å². The number of benzene rings is 3. The topological polar surface area (TPSA) is 55.8 Å². The monoisotopic (exact) mass is 549 g/mol. The van der Waals surface area contributed by atoms with E-state index in [0.29, 0.717) is 23.7 Å². The number of thioether (sulfide) groups is 1. The van der Waals surface area contributed by atoms with Crippen molar-refractivity contribution in [2.24, 2.45) is 0 Å². The molecule has 5 nitrogen and oxygen atoms in total. The quantitative estimate of drug-likeness (QED) is 0.272. The van der Waals surface area contributed by atoms with Gasteiger partial charge in [0.2, 0.25) is 0 Å². The van der Waals surface area contributed by atoms with Crippen molar-refractivity contribution in [1.82, 2.24) is 4.90 Å². The lowest BCUT2D eigenvalue weighted by molar-refractivity contribution is -0.123. The summed E-state index contributed by atoms with van der Waals surface area (Å²) in [6, 6.07) is 13.5. The van der Waals surface area contributed by atoms with E-state index in [9.17, 15) is 18.4 Å². The Morgan fingerprint density at radius 2 is 1.58 bits per heavy atom. The summed E-state index contributed by atoms with van der Waals surface area (Å²) in [4.78, 5) is 26.5. The fraction of sp³-hybridized carbons (Fsp3) is 0.154. The van der Waals surface area contributed by atoms with Gasteiger partial charge < -0.3 is 9.47 Å². The van der Waals surface area contributed by atoms with Crippen molar-refractivity contribution in [3.8, 4) is 11.5 Å². The summed E-state index contributed by atoms with van der Waals surface area (Å²) < 4.78 is 39.7. The van der Waals surface area contributed by atoms with Crippen LogP contribution in [0.4, 0.5) is 13.6 Å². The van der Waals surface area contributed by atoms with E-state index in [2.05, 4.69) is 0 Å². The molecule has 0 spiro atoms. The summed E-state index contributed by atoms with van der Waals surface area (Å²) >= 11 is 12.9. The van der Waals surface area contributed by atoms with Gasteiger partial charge in [-0.25, -0.2) is 8.78 Å². The van der Waals surface area contributed by atoms with Crippen molar-refractivity contribution in [1.29, 1.82) is 0 Å². The Hall–Kier alpha value is -3.07. The molecule has 1 aliphatic rings. The molecule has 0 saturated carbocycles. The molecule has 1 fully saturated rings.